The van der Waals surface area contributed by atoms with Gasteiger partial charge in [0.2, 0.25) is 5.91 Å². The number of rotatable bonds is 6. The molecule has 4 heteroatoms. The standard InChI is InChI=1S/C21H19N3O/c22-21(25)20(18-14-8-3-9-15-18)24-23-19(16-10-4-1-5-11-16)17-12-6-2-7-13-17/h1-15,20,24H,(H2,22,25)/t20-/m1/s1. The van der Waals surface area contributed by atoms with Crippen molar-refractivity contribution in [1.29, 1.82) is 0 Å². The van der Waals surface area contributed by atoms with E-state index in [-0.39, 0.29) is 0 Å². The first-order valence-corrected chi connectivity index (χ1v) is 8.04. The highest BCUT2D eigenvalue weighted by Gasteiger charge is 2.17. The minimum Gasteiger partial charge on any atom is -0.368 e. The number of primary amides is 1. The third kappa shape index (κ3) is 4.12. The minimum atomic E-state index is -0.691. The number of amides is 1. The molecule has 3 aromatic carbocycles. The van der Waals surface area contributed by atoms with Crippen molar-refractivity contribution < 1.29 is 4.79 Å². The quantitative estimate of drug-likeness (QED) is 0.538. The molecule has 0 spiro atoms. The number of hydrogen-bond acceptors (Lipinski definition) is 3. The van der Waals surface area contributed by atoms with Crippen molar-refractivity contribution in [2.24, 2.45) is 10.8 Å². The average molecular weight is 329 g/mol. The van der Waals surface area contributed by atoms with Crippen molar-refractivity contribution >= 4 is 11.6 Å². The smallest absolute Gasteiger partial charge is 0.246 e. The fourth-order valence-electron chi connectivity index (χ4n) is 2.56. The van der Waals surface area contributed by atoms with Gasteiger partial charge in [-0.2, -0.15) is 5.10 Å². The van der Waals surface area contributed by atoms with E-state index >= 15 is 0 Å². The highest BCUT2D eigenvalue weighted by Crippen LogP contribution is 2.14. The van der Waals surface area contributed by atoms with Crippen molar-refractivity contribution in [3.05, 3.63) is 108 Å². The summed E-state index contributed by atoms with van der Waals surface area (Å²) in [6, 6.07) is 28.3. The van der Waals surface area contributed by atoms with Crippen LogP contribution in [0, 0.1) is 0 Å². The van der Waals surface area contributed by atoms with Crippen LogP contribution in [0.2, 0.25) is 0 Å². The van der Waals surface area contributed by atoms with Gasteiger partial charge in [0.25, 0.3) is 0 Å². The normalized spacial score (nSPS) is 11.4. The average Bonchev–Trinajstić information content (AvgIpc) is 2.67. The molecule has 0 heterocycles. The maximum atomic E-state index is 11.9. The number of hydrogen-bond donors (Lipinski definition) is 2. The molecule has 1 atom stereocenters. The molecule has 0 aliphatic carbocycles. The van der Waals surface area contributed by atoms with Crippen LogP contribution in [-0.2, 0) is 4.79 Å². The Hall–Kier alpha value is -3.40. The fraction of sp³-hybridized carbons (Fsp3) is 0.0476. The van der Waals surface area contributed by atoms with Crippen molar-refractivity contribution in [1.82, 2.24) is 5.43 Å². The number of nitrogens with one attached hydrogen (secondary N) is 1. The van der Waals surface area contributed by atoms with E-state index in [4.69, 9.17) is 5.73 Å². The summed E-state index contributed by atoms with van der Waals surface area (Å²) in [6.07, 6.45) is 0. The lowest BCUT2D eigenvalue weighted by Crippen LogP contribution is -2.31. The van der Waals surface area contributed by atoms with Gasteiger partial charge in [0.05, 0.1) is 5.71 Å². The lowest BCUT2D eigenvalue weighted by molar-refractivity contribution is -0.120. The lowest BCUT2D eigenvalue weighted by Gasteiger charge is -2.15. The van der Waals surface area contributed by atoms with Crippen molar-refractivity contribution in [2.75, 3.05) is 0 Å². The maximum Gasteiger partial charge on any atom is 0.246 e. The zero-order valence-corrected chi connectivity index (χ0v) is 13.7. The molecule has 3 aromatic rings. The summed E-state index contributed by atoms with van der Waals surface area (Å²) < 4.78 is 0. The Morgan fingerprint density at radius 2 is 1.20 bits per heavy atom. The monoisotopic (exact) mass is 329 g/mol. The van der Waals surface area contributed by atoms with Gasteiger partial charge in [-0.3, -0.25) is 10.2 Å². The molecule has 0 unspecified atom stereocenters. The van der Waals surface area contributed by atoms with Crippen LogP contribution in [-0.4, -0.2) is 11.6 Å². The van der Waals surface area contributed by atoms with Crippen LogP contribution in [0.1, 0.15) is 22.7 Å². The Morgan fingerprint density at radius 3 is 1.64 bits per heavy atom. The van der Waals surface area contributed by atoms with Gasteiger partial charge in [0.1, 0.15) is 6.04 Å². The topological polar surface area (TPSA) is 67.5 Å². The predicted molar refractivity (Wildman–Crippen MR) is 100 cm³/mol. The summed E-state index contributed by atoms with van der Waals surface area (Å²) >= 11 is 0. The van der Waals surface area contributed by atoms with Crippen LogP contribution in [0.3, 0.4) is 0 Å². The molecule has 0 aliphatic rings. The van der Waals surface area contributed by atoms with Crippen LogP contribution in [0.25, 0.3) is 0 Å². The number of nitrogens with two attached hydrogens (primary N) is 1. The summed E-state index contributed by atoms with van der Waals surface area (Å²) in [5.41, 5.74) is 11.9. The number of carbonyl (C=O) groups is 1. The largest absolute Gasteiger partial charge is 0.368 e. The summed E-state index contributed by atoms with van der Waals surface area (Å²) in [4.78, 5) is 11.9. The van der Waals surface area contributed by atoms with Crippen LogP contribution >= 0.6 is 0 Å². The highest BCUT2D eigenvalue weighted by atomic mass is 16.1. The van der Waals surface area contributed by atoms with Crippen LogP contribution in [0.5, 0.6) is 0 Å². The van der Waals surface area contributed by atoms with E-state index < -0.39 is 11.9 Å². The molecule has 3 rings (SSSR count). The van der Waals surface area contributed by atoms with Crippen molar-refractivity contribution in [3.8, 4) is 0 Å². The summed E-state index contributed by atoms with van der Waals surface area (Å²) in [7, 11) is 0. The van der Waals surface area contributed by atoms with E-state index in [2.05, 4.69) is 10.5 Å². The van der Waals surface area contributed by atoms with Crippen LogP contribution in [0.15, 0.2) is 96.1 Å². The second kappa shape index (κ2) is 7.93. The van der Waals surface area contributed by atoms with Gasteiger partial charge in [0.15, 0.2) is 0 Å². The van der Waals surface area contributed by atoms with Gasteiger partial charge in [-0.25, -0.2) is 0 Å². The van der Waals surface area contributed by atoms with Crippen LogP contribution in [0.4, 0.5) is 0 Å². The first-order valence-electron chi connectivity index (χ1n) is 8.04. The molecule has 0 fully saturated rings. The van der Waals surface area contributed by atoms with Crippen LogP contribution < -0.4 is 11.2 Å². The van der Waals surface area contributed by atoms with E-state index in [0.717, 1.165) is 22.4 Å². The lowest BCUT2D eigenvalue weighted by atomic mass is 10.0. The Labute approximate surface area is 147 Å². The first kappa shape index (κ1) is 16.5. The summed E-state index contributed by atoms with van der Waals surface area (Å²) in [6.45, 7) is 0. The molecule has 0 aromatic heterocycles. The molecule has 4 nitrogen and oxygen atoms in total. The number of hydrazone groups is 1. The predicted octanol–water partition coefficient (Wildman–Crippen LogP) is 3.26. The fourth-order valence-corrected chi connectivity index (χ4v) is 2.56. The molecule has 124 valence electrons. The van der Waals surface area contributed by atoms with E-state index in [1.807, 2.05) is 91.0 Å². The van der Waals surface area contributed by atoms with Gasteiger partial charge in [-0.1, -0.05) is 91.0 Å². The molecule has 0 saturated carbocycles. The van der Waals surface area contributed by atoms with Gasteiger partial charge in [0, 0.05) is 11.1 Å². The third-order valence-electron chi connectivity index (χ3n) is 3.82. The summed E-state index contributed by atoms with van der Waals surface area (Å²) in [5, 5.41) is 4.53. The second-order valence-electron chi connectivity index (χ2n) is 5.57. The number of carbonyl (C=O) groups excluding carboxylic acids is 1. The Kier molecular flexibility index (Phi) is 5.22. The van der Waals surface area contributed by atoms with Gasteiger partial charge in [-0.05, 0) is 5.56 Å². The minimum absolute atomic E-state index is 0.476. The van der Waals surface area contributed by atoms with Crippen molar-refractivity contribution in [2.45, 2.75) is 6.04 Å². The molecular formula is C21H19N3O. The molecule has 0 saturated heterocycles. The molecule has 1 amide bonds. The third-order valence-corrected chi connectivity index (χ3v) is 3.82. The SMILES string of the molecule is NC(=O)[C@H](NN=C(c1ccccc1)c1ccccc1)c1ccccc1. The molecular weight excluding hydrogens is 310 g/mol. The van der Waals surface area contributed by atoms with E-state index in [0.29, 0.717) is 0 Å². The maximum absolute atomic E-state index is 11.9. The van der Waals surface area contributed by atoms with Gasteiger partial charge < -0.3 is 5.73 Å². The zero-order valence-electron chi connectivity index (χ0n) is 13.7. The number of benzene rings is 3. The molecule has 3 N–H and O–H groups in total. The zero-order chi connectivity index (χ0) is 17.5. The molecule has 25 heavy (non-hydrogen) atoms. The Balaban J connectivity index is 1.97. The van der Waals surface area contributed by atoms with E-state index in [1.54, 1.807) is 0 Å². The molecule has 0 radical (unpaired) electrons. The van der Waals surface area contributed by atoms with Crippen molar-refractivity contribution in [3.63, 3.8) is 0 Å². The van der Waals surface area contributed by atoms with E-state index in [1.165, 1.54) is 0 Å². The first-order chi connectivity index (χ1) is 12.3. The summed E-state index contributed by atoms with van der Waals surface area (Å²) in [5.74, 6) is -0.476. The van der Waals surface area contributed by atoms with Gasteiger partial charge in [-0.15, -0.1) is 0 Å². The van der Waals surface area contributed by atoms with Gasteiger partial charge >= 0.3 is 0 Å². The molecule has 0 bridgehead atoms. The Morgan fingerprint density at radius 1 is 0.760 bits per heavy atom. The van der Waals surface area contributed by atoms with E-state index in [9.17, 15) is 4.79 Å². The molecule has 0 aliphatic heterocycles. The Bertz CT molecular complexity index is 805. The second-order valence-corrected chi connectivity index (χ2v) is 5.57. The highest BCUT2D eigenvalue weighted by molar-refractivity contribution is 6.12. The number of nitrogens with zero attached hydrogens (tertiary/aromatic N) is 1.